The second-order valence-electron chi connectivity index (χ2n) is 4.91. The first-order valence-electron chi connectivity index (χ1n) is 6.28. The van der Waals surface area contributed by atoms with Crippen LogP contribution in [0.4, 0.5) is 5.69 Å². The van der Waals surface area contributed by atoms with Gasteiger partial charge in [-0.1, -0.05) is 0 Å². The molecule has 9 heteroatoms. The Morgan fingerprint density at radius 1 is 1.38 bits per heavy atom. The Labute approximate surface area is 121 Å². The molecule has 0 spiro atoms. The highest BCUT2D eigenvalue weighted by molar-refractivity contribution is 7.89. The van der Waals surface area contributed by atoms with Gasteiger partial charge in [0.1, 0.15) is 0 Å². The maximum Gasteiger partial charge on any atom is 0.304 e. The predicted octanol–water partition coefficient (Wildman–Crippen LogP) is 1.13. The van der Waals surface area contributed by atoms with Crippen LogP contribution in [0.2, 0.25) is 0 Å². The second-order valence-corrected chi connectivity index (χ2v) is 6.63. The summed E-state index contributed by atoms with van der Waals surface area (Å²) >= 11 is 0. The summed E-state index contributed by atoms with van der Waals surface area (Å²) in [5.41, 5.74) is -0.210. The number of hydrogen-bond acceptors (Lipinski definition) is 5. The van der Waals surface area contributed by atoms with Crippen molar-refractivity contribution in [3.8, 4) is 0 Å². The summed E-state index contributed by atoms with van der Waals surface area (Å²) in [6.45, 7) is 0. The van der Waals surface area contributed by atoms with Crippen LogP contribution in [0.25, 0.3) is 0 Å². The summed E-state index contributed by atoms with van der Waals surface area (Å²) < 4.78 is 26.7. The first-order valence-corrected chi connectivity index (χ1v) is 7.76. The number of hydrogen-bond donors (Lipinski definition) is 2. The number of carbonyl (C=O) groups is 1. The summed E-state index contributed by atoms with van der Waals surface area (Å²) in [7, 11) is -3.89. The standard InChI is InChI=1S/C12H14N2O6S/c15-12(16)7-11(8-1-2-8)13-21(19,20)10-5-3-9(4-6-10)14(17)18/h3-6,8,11,13H,1-2,7H2,(H,15,16). The topological polar surface area (TPSA) is 127 Å². The average Bonchev–Trinajstić information content (AvgIpc) is 3.21. The lowest BCUT2D eigenvalue weighted by atomic mass is 10.1. The Balaban J connectivity index is 2.16. The predicted molar refractivity (Wildman–Crippen MR) is 72.2 cm³/mol. The zero-order valence-corrected chi connectivity index (χ0v) is 11.7. The van der Waals surface area contributed by atoms with E-state index in [-0.39, 0.29) is 22.9 Å². The summed E-state index contributed by atoms with van der Waals surface area (Å²) in [4.78, 5) is 20.6. The van der Waals surface area contributed by atoms with Crippen molar-refractivity contribution in [2.75, 3.05) is 0 Å². The molecule has 0 aromatic heterocycles. The van der Waals surface area contributed by atoms with Crippen LogP contribution in [0.1, 0.15) is 19.3 Å². The third kappa shape index (κ3) is 3.99. The van der Waals surface area contributed by atoms with Gasteiger partial charge in [0.15, 0.2) is 0 Å². The number of nitro groups is 1. The summed E-state index contributed by atoms with van der Waals surface area (Å²) in [6.07, 6.45) is 1.30. The largest absolute Gasteiger partial charge is 0.481 e. The fraction of sp³-hybridized carbons (Fsp3) is 0.417. The minimum atomic E-state index is -3.89. The number of non-ortho nitro benzene ring substituents is 1. The number of aliphatic carboxylic acids is 1. The van der Waals surface area contributed by atoms with Crippen molar-refractivity contribution < 1.29 is 23.2 Å². The molecule has 0 saturated heterocycles. The quantitative estimate of drug-likeness (QED) is 0.573. The van der Waals surface area contributed by atoms with Gasteiger partial charge < -0.3 is 5.11 Å². The van der Waals surface area contributed by atoms with E-state index in [0.717, 1.165) is 37.1 Å². The van der Waals surface area contributed by atoms with Gasteiger partial charge in [0.05, 0.1) is 16.2 Å². The average molecular weight is 314 g/mol. The molecule has 1 aliphatic rings. The molecule has 2 N–H and O–H groups in total. The van der Waals surface area contributed by atoms with E-state index in [4.69, 9.17) is 5.11 Å². The van der Waals surface area contributed by atoms with Gasteiger partial charge in [-0.2, -0.15) is 0 Å². The number of nitro benzene ring substituents is 1. The molecule has 1 unspecified atom stereocenters. The van der Waals surface area contributed by atoms with E-state index >= 15 is 0 Å². The van der Waals surface area contributed by atoms with E-state index in [9.17, 15) is 23.3 Å². The molecule has 1 aliphatic carbocycles. The number of rotatable bonds is 7. The number of sulfonamides is 1. The van der Waals surface area contributed by atoms with Crippen LogP contribution >= 0.6 is 0 Å². The molecule has 21 heavy (non-hydrogen) atoms. The lowest BCUT2D eigenvalue weighted by Crippen LogP contribution is -2.38. The first-order chi connectivity index (χ1) is 9.79. The molecular formula is C12H14N2O6S. The van der Waals surface area contributed by atoms with E-state index in [2.05, 4.69) is 4.72 Å². The van der Waals surface area contributed by atoms with Gasteiger partial charge in [0.25, 0.3) is 5.69 Å². The summed E-state index contributed by atoms with van der Waals surface area (Å²) in [5.74, 6) is -1.03. The Kier molecular flexibility index (Phi) is 4.24. The molecule has 1 atom stereocenters. The minimum Gasteiger partial charge on any atom is -0.481 e. The van der Waals surface area contributed by atoms with E-state index in [1.165, 1.54) is 0 Å². The van der Waals surface area contributed by atoms with Gasteiger partial charge in [-0.3, -0.25) is 14.9 Å². The number of carboxylic acid groups (broad SMARTS) is 1. The van der Waals surface area contributed by atoms with Gasteiger partial charge in [0.2, 0.25) is 10.0 Å². The molecule has 0 aliphatic heterocycles. The second kappa shape index (κ2) is 5.78. The number of nitrogens with one attached hydrogen (secondary N) is 1. The van der Waals surface area contributed by atoms with Crippen molar-refractivity contribution >= 4 is 21.7 Å². The van der Waals surface area contributed by atoms with Crippen LogP contribution in [0.15, 0.2) is 29.2 Å². The van der Waals surface area contributed by atoms with Crippen molar-refractivity contribution in [3.05, 3.63) is 34.4 Å². The third-order valence-electron chi connectivity index (χ3n) is 3.25. The Morgan fingerprint density at radius 2 is 1.95 bits per heavy atom. The van der Waals surface area contributed by atoms with Crippen molar-refractivity contribution in [1.29, 1.82) is 0 Å². The summed E-state index contributed by atoms with van der Waals surface area (Å²) in [6, 6.07) is 3.80. The van der Waals surface area contributed by atoms with E-state index < -0.39 is 27.0 Å². The fourth-order valence-corrected chi connectivity index (χ4v) is 3.31. The zero-order valence-electron chi connectivity index (χ0n) is 10.9. The zero-order chi connectivity index (χ0) is 15.6. The van der Waals surface area contributed by atoms with E-state index in [1.54, 1.807) is 0 Å². The van der Waals surface area contributed by atoms with Crippen molar-refractivity contribution in [1.82, 2.24) is 4.72 Å². The van der Waals surface area contributed by atoms with Gasteiger partial charge >= 0.3 is 5.97 Å². The molecule has 0 bridgehead atoms. The molecular weight excluding hydrogens is 300 g/mol. The van der Waals surface area contributed by atoms with Crippen LogP contribution in [-0.4, -0.2) is 30.5 Å². The Bertz CT molecular complexity index is 651. The fourth-order valence-electron chi connectivity index (χ4n) is 2.01. The monoisotopic (exact) mass is 314 g/mol. The maximum absolute atomic E-state index is 12.2. The molecule has 0 amide bonds. The third-order valence-corrected chi connectivity index (χ3v) is 4.76. The molecule has 0 heterocycles. The molecule has 1 aromatic rings. The molecule has 114 valence electrons. The highest BCUT2D eigenvalue weighted by Gasteiger charge is 2.35. The molecule has 2 rings (SSSR count). The lowest BCUT2D eigenvalue weighted by Gasteiger charge is -2.16. The molecule has 1 fully saturated rings. The van der Waals surface area contributed by atoms with Gasteiger partial charge in [0, 0.05) is 18.2 Å². The molecule has 1 aromatic carbocycles. The maximum atomic E-state index is 12.2. The van der Waals surface area contributed by atoms with Crippen molar-refractivity contribution in [3.63, 3.8) is 0 Å². The van der Waals surface area contributed by atoms with Gasteiger partial charge in [-0.15, -0.1) is 0 Å². The van der Waals surface area contributed by atoms with Crippen LogP contribution in [0.5, 0.6) is 0 Å². The SMILES string of the molecule is O=C(O)CC(NS(=O)(=O)c1ccc([N+](=O)[O-])cc1)C1CC1. The molecule has 8 nitrogen and oxygen atoms in total. The van der Waals surface area contributed by atoms with Crippen molar-refractivity contribution in [2.24, 2.45) is 5.92 Å². The molecule has 0 radical (unpaired) electrons. The van der Waals surface area contributed by atoms with E-state index in [1.807, 2.05) is 0 Å². The van der Waals surface area contributed by atoms with E-state index in [0.29, 0.717) is 0 Å². The molecule has 1 saturated carbocycles. The minimum absolute atomic E-state index is 0.0360. The van der Waals surface area contributed by atoms with Gasteiger partial charge in [-0.25, -0.2) is 13.1 Å². The van der Waals surface area contributed by atoms with Crippen LogP contribution in [0, 0.1) is 16.0 Å². The highest BCUT2D eigenvalue weighted by atomic mass is 32.2. The number of benzene rings is 1. The Morgan fingerprint density at radius 3 is 2.38 bits per heavy atom. The first kappa shape index (κ1) is 15.4. The Hall–Kier alpha value is -2.00. The van der Waals surface area contributed by atoms with Gasteiger partial charge in [-0.05, 0) is 30.9 Å². The smallest absolute Gasteiger partial charge is 0.304 e. The van der Waals surface area contributed by atoms with Crippen LogP contribution in [-0.2, 0) is 14.8 Å². The summed E-state index contributed by atoms with van der Waals surface area (Å²) in [5, 5.41) is 19.3. The van der Waals surface area contributed by atoms with Crippen molar-refractivity contribution in [2.45, 2.75) is 30.2 Å². The lowest BCUT2D eigenvalue weighted by molar-refractivity contribution is -0.384. The highest BCUT2D eigenvalue weighted by Crippen LogP contribution is 2.34. The van der Waals surface area contributed by atoms with Crippen LogP contribution < -0.4 is 4.72 Å². The number of carboxylic acids is 1. The number of nitrogens with zero attached hydrogens (tertiary/aromatic N) is 1. The van der Waals surface area contributed by atoms with Crippen LogP contribution in [0.3, 0.4) is 0 Å². The normalized spacial score (nSPS) is 16.4.